The van der Waals surface area contributed by atoms with Gasteiger partial charge in [0.05, 0.1) is 11.4 Å². The number of carboxylic acid groups (broad SMARTS) is 1. The minimum absolute atomic E-state index is 0.208. The van der Waals surface area contributed by atoms with Crippen LogP contribution >= 0.6 is 0 Å². The summed E-state index contributed by atoms with van der Waals surface area (Å²) in [6.07, 6.45) is 4.52. The molecule has 4 heteroatoms. The highest BCUT2D eigenvalue weighted by Crippen LogP contribution is 2.25. The number of carboxylic acids is 1. The third kappa shape index (κ3) is 3.90. The van der Waals surface area contributed by atoms with Crippen LogP contribution in [0.3, 0.4) is 0 Å². The second kappa shape index (κ2) is 7.59. The molecule has 0 unspecified atom stereocenters. The van der Waals surface area contributed by atoms with Crippen molar-refractivity contribution in [3.05, 3.63) is 72.6 Å². The van der Waals surface area contributed by atoms with E-state index in [0.717, 1.165) is 35.3 Å². The van der Waals surface area contributed by atoms with Gasteiger partial charge in [0, 0.05) is 18.2 Å². The molecule has 0 saturated heterocycles. The summed E-state index contributed by atoms with van der Waals surface area (Å²) in [4.78, 5) is 10.7. The Labute approximate surface area is 141 Å². The quantitative estimate of drug-likeness (QED) is 0.659. The Morgan fingerprint density at radius 3 is 2.29 bits per heavy atom. The molecule has 3 rings (SSSR count). The Morgan fingerprint density at radius 2 is 1.62 bits per heavy atom. The molecule has 0 aliphatic rings. The number of aryl methyl sites for hydroxylation is 1. The molecule has 0 spiro atoms. The zero-order valence-electron chi connectivity index (χ0n) is 13.4. The molecule has 122 valence electrons. The van der Waals surface area contributed by atoms with Crippen molar-refractivity contribution in [2.75, 3.05) is 0 Å². The number of benzene rings is 2. The Morgan fingerprint density at radius 1 is 0.958 bits per heavy atom. The van der Waals surface area contributed by atoms with Crippen molar-refractivity contribution in [1.82, 2.24) is 9.78 Å². The van der Waals surface area contributed by atoms with Crippen molar-refractivity contribution >= 4 is 5.97 Å². The van der Waals surface area contributed by atoms with E-state index in [-0.39, 0.29) is 6.42 Å². The van der Waals surface area contributed by atoms with Crippen LogP contribution in [0.4, 0.5) is 0 Å². The van der Waals surface area contributed by atoms with Crippen molar-refractivity contribution in [3.8, 4) is 16.8 Å². The highest BCUT2D eigenvalue weighted by molar-refractivity contribution is 5.67. The molecule has 0 atom stereocenters. The average molecular weight is 320 g/mol. The summed E-state index contributed by atoms with van der Waals surface area (Å²) in [5.41, 5.74) is 4.27. The number of hydrogen-bond donors (Lipinski definition) is 1. The van der Waals surface area contributed by atoms with Gasteiger partial charge in [-0.3, -0.25) is 4.79 Å². The van der Waals surface area contributed by atoms with E-state index in [2.05, 4.69) is 18.3 Å². The number of hydrogen-bond acceptors (Lipinski definition) is 2. The molecule has 0 saturated carbocycles. The topological polar surface area (TPSA) is 55.1 Å². The van der Waals surface area contributed by atoms with Gasteiger partial charge in [0.2, 0.25) is 0 Å². The zero-order chi connectivity index (χ0) is 16.8. The maximum absolute atomic E-state index is 10.7. The Hall–Kier alpha value is -2.88. The van der Waals surface area contributed by atoms with E-state index < -0.39 is 5.97 Å². The van der Waals surface area contributed by atoms with Crippen LogP contribution in [0, 0.1) is 0 Å². The van der Waals surface area contributed by atoms with Gasteiger partial charge in [-0.25, -0.2) is 4.68 Å². The van der Waals surface area contributed by atoms with E-state index in [9.17, 15) is 4.79 Å². The molecule has 0 bridgehead atoms. The molecule has 1 heterocycles. The summed E-state index contributed by atoms with van der Waals surface area (Å²) < 4.78 is 1.90. The molecule has 3 aromatic rings. The van der Waals surface area contributed by atoms with Crippen LogP contribution in [0.25, 0.3) is 16.8 Å². The van der Waals surface area contributed by atoms with Gasteiger partial charge in [0.1, 0.15) is 0 Å². The number of nitrogens with zero attached hydrogens (tertiary/aromatic N) is 2. The number of aromatic nitrogens is 2. The van der Waals surface area contributed by atoms with Crippen LogP contribution in [0.2, 0.25) is 0 Å². The van der Waals surface area contributed by atoms with E-state index in [1.165, 1.54) is 0 Å². The van der Waals surface area contributed by atoms with Gasteiger partial charge in [0.25, 0.3) is 0 Å². The Bertz CT molecular complexity index is 795. The second-order valence-electron chi connectivity index (χ2n) is 5.74. The molecule has 2 aromatic carbocycles. The van der Waals surface area contributed by atoms with Crippen LogP contribution in [-0.2, 0) is 11.2 Å². The van der Waals surface area contributed by atoms with Crippen LogP contribution in [0.15, 0.2) is 66.9 Å². The molecule has 0 fully saturated rings. The maximum Gasteiger partial charge on any atom is 0.303 e. The largest absolute Gasteiger partial charge is 0.481 e. The van der Waals surface area contributed by atoms with E-state index in [1.54, 1.807) is 0 Å². The molecule has 24 heavy (non-hydrogen) atoms. The lowest BCUT2D eigenvalue weighted by Crippen LogP contribution is -1.98. The van der Waals surface area contributed by atoms with Crippen molar-refractivity contribution < 1.29 is 9.90 Å². The van der Waals surface area contributed by atoms with Crippen molar-refractivity contribution in [2.45, 2.75) is 25.7 Å². The summed E-state index contributed by atoms with van der Waals surface area (Å²) in [6.45, 7) is 0. The summed E-state index contributed by atoms with van der Waals surface area (Å²) in [6, 6.07) is 20.2. The molecule has 4 nitrogen and oxygen atoms in total. The predicted octanol–water partition coefficient (Wildman–Crippen LogP) is 4.34. The predicted molar refractivity (Wildman–Crippen MR) is 94.2 cm³/mol. The van der Waals surface area contributed by atoms with Crippen LogP contribution in [-0.4, -0.2) is 20.9 Å². The van der Waals surface area contributed by atoms with Crippen molar-refractivity contribution in [1.29, 1.82) is 0 Å². The number of para-hydroxylation sites is 1. The molecular formula is C20H20N2O2. The SMILES string of the molecule is O=C(O)CCCCc1nn(-c2ccccc2)cc1-c1ccccc1. The number of unbranched alkanes of at least 4 members (excludes halogenated alkanes) is 1. The van der Waals surface area contributed by atoms with E-state index >= 15 is 0 Å². The first-order chi connectivity index (χ1) is 11.7. The highest BCUT2D eigenvalue weighted by Gasteiger charge is 2.12. The number of carbonyl (C=O) groups is 1. The average Bonchev–Trinajstić information content (AvgIpc) is 3.04. The second-order valence-corrected chi connectivity index (χ2v) is 5.74. The standard InChI is InChI=1S/C20H20N2O2/c23-20(24)14-8-7-13-19-18(16-9-3-1-4-10-16)15-22(21-19)17-11-5-2-6-12-17/h1-6,9-12,15H,7-8,13-14H2,(H,23,24). The fourth-order valence-electron chi connectivity index (χ4n) is 2.73. The molecule has 0 amide bonds. The van der Waals surface area contributed by atoms with Crippen molar-refractivity contribution in [2.24, 2.45) is 0 Å². The number of rotatable bonds is 7. The molecule has 1 N–H and O–H groups in total. The third-order valence-corrected chi connectivity index (χ3v) is 3.95. The first-order valence-corrected chi connectivity index (χ1v) is 8.15. The molecule has 1 aromatic heterocycles. The maximum atomic E-state index is 10.7. The van der Waals surface area contributed by atoms with Gasteiger partial charge < -0.3 is 5.11 Å². The molecule has 0 aliphatic heterocycles. The van der Waals surface area contributed by atoms with Crippen LogP contribution in [0.5, 0.6) is 0 Å². The van der Waals surface area contributed by atoms with E-state index in [0.29, 0.717) is 6.42 Å². The lowest BCUT2D eigenvalue weighted by molar-refractivity contribution is -0.137. The monoisotopic (exact) mass is 320 g/mol. The molecule has 0 radical (unpaired) electrons. The third-order valence-electron chi connectivity index (χ3n) is 3.95. The fraction of sp³-hybridized carbons (Fsp3) is 0.200. The van der Waals surface area contributed by atoms with Gasteiger partial charge in [-0.1, -0.05) is 48.5 Å². The lowest BCUT2D eigenvalue weighted by atomic mass is 10.0. The summed E-state index contributed by atoms with van der Waals surface area (Å²) in [7, 11) is 0. The van der Waals surface area contributed by atoms with Crippen molar-refractivity contribution in [3.63, 3.8) is 0 Å². The van der Waals surface area contributed by atoms with E-state index in [4.69, 9.17) is 10.2 Å². The first-order valence-electron chi connectivity index (χ1n) is 8.15. The van der Waals surface area contributed by atoms with Gasteiger partial charge in [-0.15, -0.1) is 0 Å². The fourth-order valence-corrected chi connectivity index (χ4v) is 2.73. The van der Waals surface area contributed by atoms with Gasteiger partial charge in [-0.2, -0.15) is 5.10 Å². The lowest BCUT2D eigenvalue weighted by Gasteiger charge is -2.02. The van der Waals surface area contributed by atoms with Gasteiger partial charge >= 0.3 is 5.97 Å². The summed E-state index contributed by atoms with van der Waals surface area (Å²) in [5.74, 6) is -0.743. The van der Waals surface area contributed by atoms with Gasteiger partial charge in [-0.05, 0) is 37.0 Å². The number of aliphatic carboxylic acids is 1. The van der Waals surface area contributed by atoms with Gasteiger partial charge in [0.15, 0.2) is 0 Å². The minimum atomic E-state index is -0.743. The summed E-state index contributed by atoms with van der Waals surface area (Å²) >= 11 is 0. The Kier molecular flexibility index (Phi) is 5.06. The normalized spacial score (nSPS) is 10.7. The van der Waals surface area contributed by atoms with Crippen LogP contribution < -0.4 is 0 Å². The van der Waals surface area contributed by atoms with Crippen LogP contribution in [0.1, 0.15) is 25.0 Å². The first kappa shape index (κ1) is 16.0. The van der Waals surface area contributed by atoms with E-state index in [1.807, 2.05) is 53.2 Å². The zero-order valence-corrected chi connectivity index (χ0v) is 13.4. The smallest absolute Gasteiger partial charge is 0.303 e. The highest BCUT2D eigenvalue weighted by atomic mass is 16.4. The molecular weight excluding hydrogens is 300 g/mol. The minimum Gasteiger partial charge on any atom is -0.481 e. The summed E-state index contributed by atoms with van der Waals surface area (Å²) in [5, 5.41) is 13.5. The Balaban J connectivity index is 1.87. The molecule has 0 aliphatic carbocycles.